The van der Waals surface area contributed by atoms with Crippen molar-refractivity contribution >= 4 is 29.3 Å². The van der Waals surface area contributed by atoms with Crippen molar-refractivity contribution in [1.82, 2.24) is 10.2 Å². The maximum absolute atomic E-state index is 12.8. The predicted molar refractivity (Wildman–Crippen MR) is 97.2 cm³/mol. The van der Waals surface area contributed by atoms with Crippen LogP contribution in [0.1, 0.15) is 6.92 Å². The van der Waals surface area contributed by atoms with Crippen LogP contribution >= 0.6 is 11.8 Å². The molecule has 1 heterocycles. The summed E-state index contributed by atoms with van der Waals surface area (Å²) in [7, 11) is 0. The van der Waals surface area contributed by atoms with Gasteiger partial charge in [-0.05, 0) is 31.2 Å². The van der Waals surface area contributed by atoms with E-state index in [1.165, 1.54) is 36.0 Å². The van der Waals surface area contributed by atoms with Crippen molar-refractivity contribution in [3.05, 3.63) is 30.1 Å². The van der Waals surface area contributed by atoms with Gasteiger partial charge in [-0.1, -0.05) is 0 Å². The van der Waals surface area contributed by atoms with E-state index in [1.807, 2.05) is 0 Å². The third-order valence-electron chi connectivity index (χ3n) is 3.86. The second kappa shape index (κ2) is 10.4. The number of carbonyl (C=O) groups is 2. The van der Waals surface area contributed by atoms with E-state index in [0.29, 0.717) is 12.2 Å². The van der Waals surface area contributed by atoms with Crippen LogP contribution in [0.2, 0.25) is 0 Å². The number of ether oxygens (including phenoxy) is 1. The average molecular weight is 369 g/mol. The molecule has 8 heteroatoms. The second-order valence-electron chi connectivity index (χ2n) is 5.85. The zero-order valence-corrected chi connectivity index (χ0v) is 15.1. The fourth-order valence-corrected chi connectivity index (χ4v) is 3.07. The Bertz CT molecular complexity index is 565. The summed E-state index contributed by atoms with van der Waals surface area (Å²) in [6.07, 6.45) is 0. The first-order valence-corrected chi connectivity index (χ1v) is 9.41. The summed E-state index contributed by atoms with van der Waals surface area (Å²) in [5, 5.41) is 5.55. The molecule has 0 aliphatic carbocycles. The van der Waals surface area contributed by atoms with Crippen LogP contribution in [0.15, 0.2) is 24.3 Å². The van der Waals surface area contributed by atoms with Crippen LogP contribution in [-0.4, -0.2) is 67.1 Å². The Morgan fingerprint density at radius 2 is 1.84 bits per heavy atom. The molecular weight excluding hydrogens is 345 g/mol. The van der Waals surface area contributed by atoms with Crippen LogP contribution in [0.5, 0.6) is 0 Å². The maximum Gasteiger partial charge on any atom is 0.234 e. The molecule has 138 valence electrons. The van der Waals surface area contributed by atoms with Crippen molar-refractivity contribution in [1.29, 1.82) is 0 Å². The van der Waals surface area contributed by atoms with Crippen molar-refractivity contribution in [2.45, 2.75) is 13.0 Å². The number of carbonyl (C=O) groups excluding carboxylic acids is 2. The van der Waals surface area contributed by atoms with Crippen LogP contribution in [0.4, 0.5) is 10.1 Å². The average Bonchev–Trinajstić information content (AvgIpc) is 2.62. The van der Waals surface area contributed by atoms with Gasteiger partial charge in [-0.2, -0.15) is 0 Å². The lowest BCUT2D eigenvalue weighted by molar-refractivity contribution is -0.118. The van der Waals surface area contributed by atoms with E-state index in [1.54, 1.807) is 0 Å². The lowest BCUT2D eigenvalue weighted by Gasteiger charge is -2.32. The number of thioether (sulfide) groups is 1. The minimum atomic E-state index is -0.352. The molecule has 6 nitrogen and oxygen atoms in total. The Balaban J connectivity index is 1.58. The zero-order valence-electron chi connectivity index (χ0n) is 14.3. The van der Waals surface area contributed by atoms with E-state index < -0.39 is 0 Å². The minimum absolute atomic E-state index is 0.0836. The first-order valence-electron chi connectivity index (χ1n) is 8.26. The Morgan fingerprint density at radius 3 is 2.52 bits per heavy atom. The first-order chi connectivity index (χ1) is 12.0. The highest BCUT2D eigenvalue weighted by atomic mass is 32.2. The van der Waals surface area contributed by atoms with Gasteiger partial charge in [0, 0.05) is 31.4 Å². The molecule has 2 amide bonds. The van der Waals surface area contributed by atoms with Crippen LogP contribution in [0.3, 0.4) is 0 Å². The molecule has 0 spiro atoms. The Hall–Kier alpha value is -1.64. The largest absolute Gasteiger partial charge is 0.379 e. The van der Waals surface area contributed by atoms with Gasteiger partial charge in [-0.15, -0.1) is 11.8 Å². The standard InChI is InChI=1S/C17H24FN3O3S/c1-13(21-6-8-24-9-7-21)10-19-16(22)11-25-12-17(23)20-15-4-2-14(18)3-5-15/h2-5,13H,6-12H2,1H3,(H,19,22)(H,20,23). The molecule has 2 rings (SSSR count). The molecule has 1 fully saturated rings. The summed E-state index contributed by atoms with van der Waals surface area (Å²) >= 11 is 1.25. The van der Waals surface area contributed by atoms with Crippen molar-refractivity contribution in [3.8, 4) is 0 Å². The first kappa shape index (κ1) is 19.7. The van der Waals surface area contributed by atoms with Gasteiger partial charge in [0.1, 0.15) is 5.82 Å². The highest BCUT2D eigenvalue weighted by molar-refractivity contribution is 8.00. The second-order valence-corrected chi connectivity index (χ2v) is 6.83. The van der Waals surface area contributed by atoms with Gasteiger partial charge in [0.2, 0.25) is 11.8 Å². The summed E-state index contributed by atoms with van der Waals surface area (Å²) in [5.41, 5.74) is 0.538. The topological polar surface area (TPSA) is 70.7 Å². The third-order valence-corrected chi connectivity index (χ3v) is 4.79. The molecule has 1 aromatic carbocycles. The van der Waals surface area contributed by atoms with Gasteiger partial charge in [-0.3, -0.25) is 14.5 Å². The fourth-order valence-electron chi connectivity index (χ4n) is 2.43. The molecule has 1 aromatic rings. The molecule has 25 heavy (non-hydrogen) atoms. The minimum Gasteiger partial charge on any atom is -0.379 e. The normalized spacial score (nSPS) is 16.2. The van der Waals surface area contributed by atoms with Crippen LogP contribution in [0.25, 0.3) is 0 Å². The summed E-state index contributed by atoms with van der Waals surface area (Å²) in [4.78, 5) is 25.9. The maximum atomic E-state index is 12.8. The number of anilines is 1. The number of benzene rings is 1. The highest BCUT2D eigenvalue weighted by Crippen LogP contribution is 2.09. The van der Waals surface area contributed by atoms with Crippen molar-refractivity contribution < 1.29 is 18.7 Å². The summed E-state index contributed by atoms with van der Waals surface area (Å²) in [6.45, 7) is 5.90. The summed E-state index contributed by atoms with van der Waals surface area (Å²) < 4.78 is 18.1. The molecule has 1 unspecified atom stereocenters. The van der Waals surface area contributed by atoms with Crippen molar-refractivity contribution in [3.63, 3.8) is 0 Å². The number of morpholine rings is 1. The number of hydrogen-bond acceptors (Lipinski definition) is 5. The number of rotatable bonds is 8. The molecule has 1 aliphatic rings. The Kier molecular flexibility index (Phi) is 8.17. The molecule has 0 saturated carbocycles. The molecule has 1 atom stereocenters. The quantitative estimate of drug-likeness (QED) is 0.724. The van der Waals surface area contributed by atoms with E-state index in [0.717, 1.165) is 26.3 Å². The van der Waals surface area contributed by atoms with Gasteiger partial charge >= 0.3 is 0 Å². The van der Waals surface area contributed by atoms with Gasteiger partial charge in [0.05, 0.1) is 24.7 Å². The Labute approximate surface area is 151 Å². The molecule has 0 bridgehead atoms. The van der Waals surface area contributed by atoms with Crippen LogP contribution in [0, 0.1) is 5.82 Å². The molecule has 2 N–H and O–H groups in total. The van der Waals surface area contributed by atoms with E-state index in [4.69, 9.17) is 4.74 Å². The molecule has 1 saturated heterocycles. The lowest BCUT2D eigenvalue weighted by atomic mass is 10.2. The highest BCUT2D eigenvalue weighted by Gasteiger charge is 2.17. The molecule has 0 aromatic heterocycles. The van der Waals surface area contributed by atoms with Gasteiger partial charge < -0.3 is 15.4 Å². The van der Waals surface area contributed by atoms with E-state index in [9.17, 15) is 14.0 Å². The van der Waals surface area contributed by atoms with Gasteiger partial charge in [-0.25, -0.2) is 4.39 Å². The number of halogens is 1. The SMILES string of the molecule is CC(CNC(=O)CSCC(=O)Nc1ccc(F)cc1)N1CCOCC1. The van der Waals surface area contributed by atoms with Gasteiger partial charge in [0.25, 0.3) is 0 Å². The van der Waals surface area contributed by atoms with Crippen LogP contribution < -0.4 is 10.6 Å². The molecule has 0 radical (unpaired) electrons. The van der Waals surface area contributed by atoms with Crippen LogP contribution in [-0.2, 0) is 14.3 Å². The molecule has 1 aliphatic heterocycles. The molecular formula is C17H24FN3O3S. The van der Waals surface area contributed by atoms with Crippen molar-refractivity contribution in [2.75, 3.05) is 49.7 Å². The summed E-state index contributed by atoms with van der Waals surface area (Å²) in [6, 6.07) is 5.83. The number of hydrogen-bond donors (Lipinski definition) is 2. The fraction of sp³-hybridized carbons (Fsp3) is 0.529. The van der Waals surface area contributed by atoms with E-state index >= 15 is 0 Å². The Morgan fingerprint density at radius 1 is 1.20 bits per heavy atom. The number of nitrogens with one attached hydrogen (secondary N) is 2. The van der Waals surface area contributed by atoms with Gasteiger partial charge in [0.15, 0.2) is 0 Å². The number of amides is 2. The van der Waals surface area contributed by atoms with E-state index in [2.05, 4.69) is 22.5 Å². The third kappa shape index (κ3) is 7.41. The smallest absolute Gasteiger partial charge is 0.234 e. The zero-order chi connectivity index (χ0) is 18.1. The lowest BCUT2D eigenvalue weighted by Crippen LogP contribution is -2.47. The summed E-state index contributed by atoms with van der Waals surface area (Å²) in [5.74, 6) is -0.252. The van der Waals surface area contributed by atoms with E-state index in [-0.39, 0.29) is 35.2 Å². The predicted octanol–water partition coefficient (Wildman–Crippen LogP) is 1.33. The van der Waals surface area contributed by atoms with Crippen molar-refractivity contribution in [2.24, 2.45) is 0 Å². The number of nitrogens with zero attached hydrogens (tertiary/aromatic N) is 1. The monoisotopic (exact) mass is 369 g/mol.